The maximum absolute atomic E-state index is 5.14. The Hall–Kier alpha value is -0.0400. The van der Waals surface area contributed by atoms with Gasteiger partial charge in [-0.05, 0) is 13.3 Å². The van der Waals surface area contributed by atoms with Gasteiger partial charge in [-0.25, -0.2) is 0 Å². The molecule has 0 atom stereocenters. The highest BCUT2D eigenvalue weighted by Gasteiger charge is 1.82. The molecule has 10 heavy (non-hydrogen) atoms. The van der Waals surface area contributed by atoms with Gasteiger partial charge in [0, 0.05) is 13.2 Å². The van der Waals surface area contributed by atoms with Crippen molar-refractivity contribution in [1.29, 1.82) is 0 Å². The Balaban J connectivity index is 0. The van der Waals surface area contributed by atoms with Gasteiger partial charge in [-0.15, -0.1) is 0 Å². The predicted octanol–water partition coefficient (Wildman–Crippen LogP) is 3.24. The second-order valence-corrected chi connectivity index (χ2v) is 1.90. The fourth-order valence-corrected chi connectivity index (χ4v) is 0.598. The smallest absolute Gasteiger partial charge is 0.0465 e. The normalized spacial score (nSPS) is 8.40. The van der Waals surface area contributed by atoms with E-state index in [4.69, 9.17) is 4.74 Å². The molecular formula is C9H22O. The van der Waals surface area contributed by atoms with Gasteiger partial charge in [0.2, 0.25) is 0 Å². The first-order valence-electron chi connectivity index (χ1n) is 4.49. The minimum absolute atomic E-state index is 0.865. The molecule has 0 fully saturated rings. The van der Waals surface area contributed by atoms with Gasteiger partial charge >= 0.3 is 0 Å². The van der Waals surface area contributed by atoms with Crippen molar-refractivity contribution in [2.75, 3.05) is 13.2 Å². The van der Waals surface area contributed by atoms with Crippen molar-refractivity contribution < 1.29 is 4.74 Å². The molecule has 0 radical (unpaired) electrons. The van der Waals surface area contributed by atoms with E-state index < -0.39 is 0 Å². The average Bonchev–Trinajstić information content (AvgIpc) is 2.02. The largest absolute Gasteiger partial charge is 0.382 e. The quantitative estimate of drug-likeness (QED) is 0.541. The lowest BCUT2D eigenvalue weighted by atomic mass is 10.3. The van der Waals surface area contributed by atoms with Crippen molar-refractivity contribution in [3.8, 4) is 0 Å². The zero-order valence-electron chi connectivity index (χ0n) is 7.94. The molecule has 0 unspecified atom stereocenters. The Labute approximate surface area is 65.8 Å². The fraction of sp³-hybridized carbons (Fsp3) is 1.00. The van der Waals surface area contributed by atoms with Gasteiger partial charge in [0.25, 0.3) is 0 Å². The Morgan fingerprint density at radius 3 is 2.00 bits per heavy atom. The molecule has 0 rings (SSSR count). The van der Waals surface area contributed by atoms with Crippen LogP contribution in [-0.2, 0) is 4.74 Å². The third-order valence-electron chi connectivity index (χ3n) is 1.10. The molecule has 0 saturated carbocycles. The lowest BCUT2D eigenvalue weighted by Gasteiger charge is -1.96. The van der Waals surface area contributed by atoms with E-state index in [1.54, 1.807) is 0 Å². The van der Waals surface area contributed by atoms with Crippen LogP contribution in [0.3, 0.4) is 0 Å². The molecule has 0 bridgehead atoms. The third-order valence-corrected chi connectivity index (χ3v) is 1.10. The SMILES string of the molecule is CC.CCCCCOCC. The van der Waals surface area contributed by atoms with Gasteiger partial charge < -0.3 is 4.74 Å². The maximum Gasteiger partial charge on any atom is 0.0465 e. The Morgan fingerprint density at radius 1 is 1.00 bits per heavy atom. The second kappa shape index (κ2) is 16.0. The van der Waals surface area contributed by atoms with Crippen LogP contribution in [0.25, 0.3) is 0 Å². The summed E-state index contributed by atoms with van der Waals surface area (Å²) in [5.41, 5.74) is 0. The van der Waals surface area contributed by atoms with Crippen molar-refractivity contribution in [3.63, 3.8) is 0 Å². The van der Waals surface area contributed by atoms with Gasteiger partial charge in [-0.3, -0.25) is 0 Å². The van der Waals surface area contributed by atoms with Crippen molar-refractivity contribution >= 4 is 0 Å². The zero-order valence-corrected chi connectivity index (χ0v) is 7.94. The van der Waals surface area contributed by atoms with E-state index in [2.05, 4.69) is 6.92 Å². The van der Waals surface area contributed by atoms with Crippen LogP contribution in [0.15, 0.2) is 0 Å². The lowest BCUT2D eigenvalue weighted by molar-refractivity contribution is 0.143. The minimum atomic E-state index is 0.865. The molecule has 1 heteroatoms. The summed E-state index contributed by atoms with van der Waals surface area (Å²) in [6.45, 7) is 10.0. The number of hydrogen-bond donors (Lipinski definition) is 0. The topological polar surface area (TPSA) is 9.23 Å². The Kier molecular flexibility index (Phi) is 20.2. The standard InChI is InChI=1S/C7H16O.C2H6/c1-3-5-6-7-8-4-2;1-2/h3-7H2,1-2H3;1-2H3. The summed E-state index contributed by atoms with van der Waals surface area (Å²) in [4.78, 5) is 0. The van der Waals surface area contributed by atoms with Crippen molar-refractivity contribution in [2.45, 2.75) is 47.0 Å². The molecular weight excluding hydrogens is 124 g/mol. The van der Waals surface area contributed by atoms with Gasteiger partial charge in [0.15, 0.2) is 0 Å². The van der Waals surface area contributed by atoms with E-state index in [0.29, 0.717) is 0 Å². The molecule has 64 valence electrons. The highest BCUT2D eigenvalue weighted by atomic mass is 16.5. The molecule has 0 aromatic rings. The van der Waals surface area contributed by atoms with E-state index in [9.17, 15) is 0 Å². The molecule has 0 amide bonds. The number of unbranched alkanes of at least 4 members (excludes halogenated alkanes) is 2. The summed E-state index contributed by atoms with van der Waals surface area (Å²) < 4.78 is 5.14. The second-order valence-electron chi connectivity index (χ2n) is 1.90. The van der Waals surface area contributed by atoms with E-state index in [0.717, 1.165) is 13.2 Å². The molecule has 0 aromatic carbocycles. The number of rotatable bonds is 5. The van der Waals surface area contributed by atoms with Crippen LogP contribution in [0.4, 0.5) is 0 Å². The van der Waals surface area contributed by atoms with E-state index in [1.807, 2.05) is 20.8 Å². The summed E-state index contributed by atoms with van der Waals surface area (Å²) in [5, 5.41) is 0. The summed E-state index contributed by atoms with van der Waals surface area (Å²) in [7, 11) is 0. The van der Waals surface area contributed by atoms with Crippen LogP contribution in [0.5, 0.6) is 0 Å². The van der Waals surface area contributed by atoms with Crippen LogP contribution < -0.4 is 0 Å². The third kappa shape index (κ3) is 15.7. The lowest BCUT2D eigenvalue weighted by Crippen LogP contribution is -1.91. The molecule has 0 aliphatic rings. The summed E-state index contributed by atoms with van der Waals surface area (Å²) in [6.07, 6.45) is 3.82. The Morgan fingerprint density at radius 2 is 1.60 bits per heavy atom. The monoisotopic (exact) mass is 146 g/mol. The number of ether oxygens (including phenoxy) is 1. The highest BCUT2D eigenvalue weighted by Crippen LogP contribution is 1.92. The molecule has 1 nitrogen and oxygen atoms in total. The maximum atomic E-state index is 5.14. The first-order chi connectivity index (χ1) is 4.91. The van der Waals surface area contributed by atoms with E-state index >= 15 is 0 Å². The summed E-state index contributed by atoms with van der Waals surface area (Å²) in [5.74, 6) is 0. The van der Waals surface area contributed by atoms with Crippen LogP contribution >= 0.6 is 0 Å². The van der Waals surface area contributed by atoms with Gasteiger partial charge in [0.05, 0.1) is 0 Å². The van der Waals surface area contributed by atoms with Crippen molar-refractivity contribution in [3.05, 3.63) is 0 Å². The van der Waals surface area contributed by atoms with Gasteiger partial charge in [-0.1, -0.05) is 33.6 Å². The minimum Gasteiger partial charge on any atom is -0.382 e. The van der Waals surface area contributed by atoms with Crippen LogP contribution in [-0.4, -0.2) is 13.2 Å². The van der Waals surface area contributed by atoms with Crippen LogP contribution in [0.1, 0.15) is 47.0 Å². The number of hydrogen-bond acceptors (Lipinski definition) is 1. The molecule has 0 aliphatic heterocycles. The predicted molar refractivity (Wildman–Crippen MR) is 47.4 cm³/mol. The first kappa shape index (κ1) is 12.6. The van der Waals surface area contributed by atoms with Crippen molar-refractivity contribution in [1.82, 2.24) is 0 Å². The Bertz CT molecular complexity index is 29.7. The first-order valence-corrected chi connectivity index (χ1v) is 4.49. The van der Waals surface area contributed by atoms with E-state index in [1.165, 1.54) is 19.3 Å². The molecule has 0 aliphatic carbocycles. The molecule has 0 N–H and O–H groups in total. The molecule has 0 saturated heterocycles. The molecule has 0 heterocycles. The molecule has 0 spiro atoms. The van der Waals surface area contributed by atoms with E-state index in [-0.39, 0.29) is 0 Å². The summed E-state index contributed by atoms with van der Waals surface area (Å²) in [6, 6.07) is 0. The molecule has 0 aromatic heterocycles. The van der Waals surface area contributed by atoms with Crippen molar-refractivity contribution in [2.24, 2.45) is 0 Å². The van der Waals surface area contributed by atoms with Crippen LogP contribution in [0, 0.1) is 0 Å². The van der Waals surface area contributed by atoms with Crippen LogP contribution in [0.2, 0.25) is 0 Å². The van der Waals surface area contributed by atoms with Gasteiger partial charge in [-0.2, -0.15) is 0 Å². The summed E-state index contributed by atoms with van der Waals surface area (Å²) >= 11 is 0. The van der Waals surface area contributed by atoms with Gasteiger partial charge in [0.1, 0.15) is 0 Å². The average molecular weight is 146 g/mol. The zero-order chi connectivity index (χ0) is 8.24. The highest BCUT2D eigenvalue weighted by molar-refractivity contribution is 4.34. The fourth-order valence-electron chi connectivity index (χ4n) is 0.598.